The van der Waals surface area contributed by atoms with E-state index >= 15 is 0 Å². The molecule has 1 N–H and O–H groups in total. The van der Waals surface area contributed by atoms with Crippen LogP contribution in [-0.2, 0) is 0 Å². The smallest absolute Gasteiger partial charge is 0.134 e. The van der Waals surface area contributed by atoms with Crippen molar-refractivity contribution >= 4 is 17.6 Å². The fourth-order valence-corrected chi connectivity index (χ4v) is 2.29. The topological polar surface area (TPSA) is 37.8 Å². The number of thioether (sulfide) groups is 1. The van der Waals surface area contributed by atoms with Gasteiger partial charge in [0.15, 0.2) is 0 Å². The molecule has 0 radical (unpaired) electrons. The maximum atomic E-state index is 4.60. The Hall–Kier alpha value is -0.770. The van der Waals surface area contributed by atoms with E-state index in [1.807, 2.05) is 24.9 Å². The average molecular weight is 253 g/mol. The molecule has 1 atom stereocenters. The lowest BCUT2D eigenvalue weighted by Gasteiger charge is -2.11. The number of hydrogen-bond donors (Lipinski definition) is 1. The van der Waals surface area contributed by atoms with E-state index in [1.165, 1.54) is 6.42 Å². The Morgan fingerprint density at radius 2 is 2.00 bits per heavy atom. The third kappa shape index (κ3) is 4.54. The van der Waals surface area contributed by atoms with Crippen LogP contribution >= 0.6 is 11.8 Å². The van der Waals surface area contributed by atoms with Gasteiger partial charge in [0, 0.05) is 24.8 Å². The highest BCUT2D eigenvalue weighted by Gasteiger charge is 2.09. The summed E-state index contributed by atoms with van der Waals surface area (Å²) in [5.41, 5.74) is 0. The van der Waals surface area contributed by atoms with Crippen LogP contribution in [0.1, 0.15) is 45.9 Å². The Morgan fingerprint density at radius 1 is 1.29 bits per heavy atom. The number of aromatic nitrogens is 2. The molecule has 1 unspecified atom stereocenters. The highest BCUT2D eigenvalue weighted by Crippen LogP contribution is 2.24. The number of anilines is 1. The molecule has 3 nitrogen and oxygen atoms in total. The fourth-order valence-electron chi connectivity index (χ4n) is 1.25. The van der Waals surface area contributed by atoms with Gasteiger partial charge in [-0.05, 0) is 5.92 Å². The minimum absolute atomic E-state index is 0.367. The first-order chi connectivity index (χ1) is 8.06. The lowest BCUT2D eigenvalue weighted by Crippen LogP contribution is -2.04. The predicted molar refractivity (Wildman–Crippen MR) is 75.8 cm³/mol. The standard InChI is InChI=1S/C13H23N3S/c1-6-10(4)8-17-12-7-11(14-5)15-13(16-12)9(2)3/h7,9-10H,6,8H2,1-5H3,(H,14,15,16). The molecule has 0 aliphatic rings. The Bertz CT molecular complexity index is 353. The zero-order chi connectivity index (χ0) is 12.8. The quantitative estimate of drug-likeness (QED) is 0.618. The molecule has 1 heterocycles. The molecule has 0 aromatic carbocycles. The van der Waals surface area contributed by atoms with Gasteiger partial charge >= 0.3 is 0 Å². The van der Waals surface area contributed by atoms with Crippen LogP contribution in [0.4, 0.5) is 5.82 Å². The SMILES string of the molecule is CCC(C)CSc1cc(NC)nc(C(C)C)n1. The summed E-state index contributed by atoms with van der Waals surface area (Å²) in [6, 6.07) is 2.03. The summed E-state index contributed by atoms with van der Waals surface area (Å²) in [4.78, 5) is 9.06. The summed E-state index contributed by atoms with van der Waals surface area (Å²) in [5.74, 6) is 4.05. The lowest BCUT2D eigenvalue weighted by molar-refractivity contribution is 0.636. The van der Waals surface area contributed by atoms with Crippen molar-refractivity contribution in [3.63, 3.8) is 0 Å². The van der Waals surface area contributed by atoms with Gasteiger partial charge in [-0.3, -0.25) is 0 Å². The maximum Gasteiger partial charge on any atom is 0.134 e. The summed E-state index contributed by atoms with van der Waals surface area (Å²) >= 11 is 1.82. The molecule has 0 bridgehead atoms. The van der Waals surface area contributed by atoms with E-state index in [0.717, 1.165) is 28.3 Å². The Morgan fingerprint density at radius 3 is 2.53 bits per heavy atom. The molecule has 1 aromatic rings. The first kappa shape index (κ1) is 14.3. The molecule has 0 saturated carbocycles. The van der Waals surface area contributed by atoms with E-state index in [1.54, 1.807) is 0 Å². The minimum atomic E-state index is 0.367. The van der Waals surface area contributed by atoms with Gasteiger partial charge in [0.1, 0.15) is 16.7 Å². The summed E-state index contributed by atoms with van der Waals surface area (Å²) < 4.78 is 0. The van der Waals surface area contributed by atoms with Crippen LogP contribution in [0.2, 0.25) is 0 Å². The van der Waals surface area contributed by atoms with Crippen molar-refractivity contribution in [2.24, 2.45) is 5.92 Å². The fraction of sp³-hybridized carbons (Fsp3) is 0.692. The van der Waals surface area contributed by atoms with Gasteiger partial charge < -0.3 is 5.32 Å². The third-order valence-corrected chi connectivity index (χ3v) is 3.95. The first-order valence-electron chi connectivity index (χ1n) is 6.26. The third-order valence-electron chi connectivity index (χ3n) is 2.71. The van der Waals surface area contributed by atoms with Crippen LogP contribution in [-0.4, -0.2) is 22.8 Å². The molecule has 1 aromatic heterocycles. The largest absolute Gasteiger partial charge is 0.373 e. The van der Waals surface area contributed by atoms with Gasteiger partial charge in [-0.1, -0.05) is 34.1 Å². The van der Waals surface area contributed by atoms with Crippen molar-refractivity contribution in [2.45, 2.75) is 45.1 Å². The Labute approximate surface area is 109 Å². The molecular weight excluding hydrogens is 230 g/mol. The van der Waals surface area contributed by atoms with Crippen molar-refractivity contribution in [3.8, 4) is 0 Å². The summed E-state index contributed by atoms with van der Waals surface area (Å²) in [5, 5.41) is 4.18. The molecular formula is C13H23N3S. The highest BCUT2D eigenvalue weighted by atomic mass is 32.2. The number of nitrogens with one attached hydrogen (secondary N) is 1. The summed E-state index contributed by atoms with van der Waals surface area (Å²) in [6.07, 6.45) is 1.22. The molecule has 4 heteroatoms. The predicted octanol–water partition coefficient (Wildman–Crippen LogP) is 3.78. The molecule has 0 aliphatic carbocycles. The van der Waals surface area contributed by atoms with Gasteiger partial charge in [-0.2, -0.15) is 0 Å². The Kier molecular flexibility index (Phi) is 5.75. The van der Waals surface area contributed by atoms with Crippen LogP contribution < -0.4 is 5.32 Å². The zero-order valence-electron chi connectivity index (χ0n) is 11.4. The molecule has 96 valence electrons. The van der Waals surface area contributed by atoms with Crippen molar-refractivity contribution in [1.29, 1.82) is 0 Å². The highest BCUT2D eigenvalue weighted by molar-refractivity contribution is 7.99. The zero-order valence-corrected chi connectivity index (χ0v) is 12.3. The van der Waals surface area contributed by atoms with Crippen LogP contribution in [0.25, 0.3) is 0 Å². The van der Waals surface area contributed by atoms with Crippen molar-refractivity contribution in [2.75, 3.05) is 18.1 Å². The van der Waals surface area contributed by atoms with Gasteiger partial charge in [-0.15, -0.1) is 11.8 Å². The second kappa shape index (κ2) is 6.84. The van der Waals surface area contributed by atoms with Gasteiger partial charge in [0.05, 0.1) is 0 Å². The second-order valence-corrected chi connectivity index (χ2v) is 5.72. The van der Waals surface area contributed by atoms with Crippen LogP contribution in [0.15, 0.2) is 11.1 Å². The number of rotatable bonds is 6. The average Bonchev–Trinajstić information content (AvgIpc) is 2.35. The molecule has 0 saturated heterocycles. The van der Waals surface area contributed by atoms with Gasteiger partial charge in [0.25, 0.3) is 0 Å². The van der Waals surface area contributed by atoms with E-state index in [2.05, 4.69) is 43.0 Å². The molecule has 1 rings (SSSR count). The normalized spacial score (nSPS) is 12.8. The van der Waals surface area contributed by atoms with Gasteiger partial charge in [-0.25, -0.2) is 9.97 Å². The Balaban J connectivity index is 2.80. The van der Waals surface area contributed by atoms with Crippen LogP contribution in [0.3, 0.4) is 0 Å². The summed E-state index contributed by atoms with van der Waals surface area (Å²) in [6.45, 7) is 8.75. The van der Waals surface area contributed by atoms with E-state index in [9.17, 15) is 0 Å². The van der Waals surface area contributed by atoms with E-state index < -0.39 is 0 Å². The number of hydrogen-bond acceptors (Lipinski definition) is 4. The van der Waals surface area contributed by atoms with Crippen LogP contribution in [0, 0.1) is 5.92 Å². The minimum Gasteiger partial charge on any atom is -0.373 e. The van der Waals surface area contributed by atoms with Crippen molar-refractivity contribution < 1.29 is 0 Å². The van der Waals surface area contributed by atoms with Crippen molar-refractivity contribution in [1.82, 2.24) is 9.97 Å². The molecule has 0 amide bonds. The first-order valence-corrected chi connectivity index (χ1v) is 7.24. The molecule has 0 fully saturated rings. The van der Waals surface area contributed by atoms with E-state index in [0.29, 0.717) is 5.92 Å². The second-order valence-electron chi connectivity index (χ2n) is 4.68. The maximum absolute atomic E-state index is 4.60. The summed E-state index contributed by atoms with van der Waals surface area (Å²) in [7, 11) is 1.90. The number of nitrogens with zero attached hydrogens (tertiary/aromatic N) is 2. The monoisotopic (exact) mass is 253 g/mol. The lowest BCUT2D eigenvalue weighted by atomic mass is 10.2. The van der Waals surface area contributed by atoms with Gasteiger partial charge in [0.2, 0.25) is 0 Å². The van der Waals surface area contributed by atoms with Crippen molar-refractivity contribution in [3.05, 3.63) is 11.9 Å². The van der Waals surface area contributed by atoms with E-state index in [-0.39, 0.29) is 0 Å². The molecule has 0 spiro atoms. The van der Waals surface area contributed by atoms with Crippen LogP contribution in [0.5, 0.6) is 0 Å². The molecule has 17 heavy (non-hydrogen) atoms. The van der Waals surface area contributed by atoms with E-state index in [4.69, 9.17) is 0 Å². The molecule has 0 aliphatic heterocycles.